The summed E-state index contributed by atoms with van der Waals surface area (Å²) in [5.74, 6) is -2.04. The number of carboxylic acids is 1. The Morgan fingerprint density at radius 2 is 2.00 bits per heavy atom. The molecule has 0 aliphatic carbocycles. The molecule has 6 nitrogen and oxygen atoms in total. The van der Waals surface area contributed by atoms with Gasteiger partial charge in [-0.15, -0.1) is 0 Å². The number of halogens is 3. The van der Waals surface area contributed by atoms with E-state index in [4.69, 9.17) is 9.52 Å². The number of carboxylic acid groups (broad SMARTS) is 1. The smallest absolute Gasteiger partial charge is 0.389 e. The second-order valence-corrected chi connectivity index (χ2v) is 6.04. The number of nitrogens with one attached hydrogen (secondary N) is 1. The Balaban J connectivity index is 2.60. The quantitative estimate of drug-likeness (QED) is 0.748. The van der Waals surface area contributed by atoms with E-state index in [2.05, 4.69) is 4.72 Å². The molecular weight excluding hydrogens is 315 g/mol. The summed E-state index contributed by atoms with van der Waals surface area (Å²) in [5.41, 5.74) is 0. The molecule has 0 amide bonds. The summed E-state index contributed by atoms with van der Waals surface area (Å²) < 4.78 is 66.3. The monoisotopic (exact) mass is 329 g/mol. The van der Waals surface area contributed by atoms with Gasteiger partial charge in [0.25, 0.3) is 0 Å². The van der Waals surface area contributed by atoms with Gasteiger partial charge in [-0.2, -0.15) is 13.2 Å². The van der Waals surface area contributed by atoms with Gasteiger partial charge >= 0.3 is 12.1 Å². The molecule has 2 N–H and O–H groups in total. The summed E-state index contributed by atoms with van der Waals surface area (Å²) in [6, 6.07) is 0.857. The van der Waals surface area contributed by atoms with Crippen molar-refractivity contribution in [3.63, 3.8) is 0 Å². The first-order valence-electron chi connectivity index (χ1n) is 5.93. The maximum Gasteiger partial charge on any atom is 0.389 e. The number of aromatic carboxylic acids is 1. The maximum absolute atomic E-state index is 11.9. The van der Waals surface area contributed by atoms with Crippen molar-refractivity contribution < 1.29 is 35.9 Å². The Kier molecular flexibility index (Phi) is 5.40. The molecule has 1 aromatic rings. The Morgan fingerprint density at radius 3 is 2.48 bits per heavy atom. The number of carbonyl (C=O) groups is 1. The summed E-state index contributed by atoms with van der Waals surface area (Å²) in [6.07, 6.45) is -5.43. The average Bonchev–Trinajstić information content (AvgIpc) is 2.70. The zero-order valence-electron chi connectivity index (χ0n) is 11.0. The number of furan rings is 1. The number of unbranched alkanes of at least 4 members (excludes halogenated alkanes) is 1. The van der Waals surface area contributed by atoms with E-state index in [-0.39, 0.29) is 30.0 Å². The Hall–Kier alpha value is -1.55. The first-order chi connectivity index (χ1) is 9.53. The van der Waals surface area contributed by atoms with Crippen molar-refractivity contribution in [2.75, 3.05) is 6.54 Å². The summed E-state index contributed by atoms with van der Waals surface area (Å²) >= 11 is 0. The Bertz CT molecular complexity index is 606. The van der Waals surface area contributed by atoms with Crippen molar-refractivity contribution in [3.05, 3.63) is 17.6 Å². The third kappa shape index (κ3) is 5.38. The van der Waals surface area contributed by atoms with Crippen LogP contribution in [0.15, 0.2) is 15.4 Å². The van der Waals surface area contributed by atoms with Crippen LogP contribution in [-0.4, -0.2) is 32.2 Å². The van der Waals surface area contributed by atoms with Crippen molar-refractivity contribution in [2.45, 2.75) is 37.3 Å². The van der Waals surface area contributed by atoms with Crippen LogP contribution in [-0.2, 0) is 10.0 Å². The molecule has 0 radical (unpaired) electrons. The van der Waals surface area contributed by atoms with Crippen molar-refractivity contribution in [1.29, 1.82) is 0 Å². The van der Waals surface area contributed by atoms with Gasteiger partial charge in [0.2, 0.25) is 15.8 Å². The van der Waals surface area contributed by atoms with E-state index in [0.29, 0.717) is 0 Å². The lowest BCUT2D eigenvalue weighted by atomic mass is 10.2. The number of aryl methyl sites for hydroxylation is 1. The van der Waals surface area contributed by atoms with Crippen molar-refractivity contribution in [1.82, 2.24) is 4.72 Å². The lowest BCUT2D eigenvalue weighted by molar-refractivity contribution is -0.135. The molecule has 1 aromatic heterocycles. The molecule has 0 saturated carbocycles. The van der Waals surface area contributed by atoms with Crippen LogP contribution in [0.5, 0.6) is 0 Å². The fourth-order valence-corrected chi connectivity index (χ4v) is 2.82. The molecule has 0 spiro atoms. The molecule has 0 aromatic carbocycles. The van der Waals surface area contributed by atoms with E-state index in [1.54, 1.807) is 0 Å². The van der Waals surface area contributed by atoms with Crippen molar-refractivity contribution in [3.8, 4) is 0 Å². The highest BCUT2D eigenvalue weighted by Gasteiger charge is 2.26. The molecule has 21 heavy (non-hydrogen) atoms. The van der Waals surface area contributed by atoms with Crippen molar-refractivity contribution >= 4 is 16.0 Å². The Labute approximate surface area is 119 Å². The fourth-order valence-electron chi connectivity index (χ4n) is 1.57. The number of hydrogen-bond acceptors (Lipinski definition) is 4. The van der Waals surface area contributed by atoms with Crippen LogP contribution in [0.1, 0.15) is 35.6 Å². The summed E-state index contributed by atoms with van der Waals surface area (Å²) in [6.45, 7) is 1.11. The van der Waals surface area contributed by atoms with Crippen LogP contribution in [0.3, 0.4) is 0 Å². The summed E-state index contributed by atoms with van der Waals surface area (Å²) in [7, 11) is -4.01. The van der Waals surface area contributed by atoms with Gasteiger partial charge in [-0.3, -0.25) is 0 Å². The molecule has 1 rings (SSSR count). The molecule has 0 saturated heterocycles. The van der Waals surface area contributed by atoms with E-state index in [1.807, 2.05) is 0 Å². The minimum Gasteiger partial charge on any atom is -0.475 e. The van der Waals surface area contributed by atoms with Gasteiger partial charge in [-0.25, -0.2) is 17.9 Å². The molecular formula is C11H14F3NO5S. The van der Waals surface area contributed by atoms with Crippen LogP contribution < -0.4 is 4.72 Å². The van der Waals surface area contributed by atoms with Crippen LogP contribution in [0.2, 0.25) is 0 Å². The van der Waals surface area contributed by atoms with E-state index >= 15 is 0 Å². The lowest BCUT2D eigenvalue weighted by Crippen LogP contribution is -2.25. The first-order valence-corrected chi connectivity index (χ1v) is 7.41. The van der Waals surface area contributed by atoms with Gasteiger partial charge in [0.05, 0.1) is 0 Å². The Morgan fingerprint density at radius 1 is 1.38 bits per heavy atom. The van der Waals surface area contributed by atoms with Crippen LogP contribution in [0.25, 0.3) is 0 Å². The normalized spacial score (nSPS) is 12.6. The zero-order valence-corrected chi connectivity index (χ0v) is 11.8. The third-order valence-electron chi connectivity index (χ3n) is 2.55. The fraction of sp³-hybridized carbons (Fsp3) is 0.545. The highest BCUT2D eigenvalue weighted by Crippen LogP contribution is 2.22. The maximum atomic E-state index is 11.9. The minimum atomic E-state index is -4.27. The molecule has 0 aliphatic rings. The van der Waals surface area contributed by atoms with Crippen LogP contribution in [0, 0.1) is 6.92 Å². The molecule has 0 atom stereocenters. The van der Waals surface area contributed by atoms with E-state index in [1.165, 1.54) is 6.92 Å². The lowest BCUT2D eigenvalue weighted by Gasteiger charge is -2.07. The number of alkyl halides is 3. The standard InChI is InChI=1S/C11H14F3NO5S/c1-7-9(6-8(20-7)10(16)17)21(18,19)15-5-3-2-4-11(12,13)14/h6,15H,2-5H2,1H3,(H,16,17). The average molecular weight is 329 g/mol. The van der Waals surface area contributed by atoms with Crippen LogP contribution in [0.4, 0.5) is 13.2 Å². The van der Waals surface area contributed by atoms with Crippen LogP contribution >= 0.6 is 0 Å². The van der Waals surface area contributed by atoms with E-state index in [9.17, 15) is 26.4 Å². The zero-order chi connectivity index (χ0) is 16.3. The van der Waals surface area contributed by atoms with Gasteiger partial charge in [-0.05, 0) is 19.8 Å². The van der Waals surface area contributed by atoms with Gasteiger partial charge < -0.3 is 9.52 Å². The molecule has 1 heterocycles. The predicted octanol–water partition coefficient (Wildman–Crippen LogP) is 2.30. The second kappa shape index (κ2) is 6.48. The predicted molar refractivity (Wildman–Crippen MR) is 65.5 cm³/mol. The van der Waals surface area contributed by atoms with E-state index in [0.717, 1.165) is 6.07 Å². The summed E-state index contributed by atoms with van der Waals surface area (Å²) in [4.78, 5) is 10.3. The van der Waals surface area contributed by atoms with Gasteiger partial charge in [0.15, 0.2) is 0 Å². The molecule has 0 fully saturated rings. The third-order valence-corrected chi connectivity index (χ3v) is 4.12. The molecule has 0 unspecified atom stereocenters. The number of rotatable bonds is 7. The van der Waals surface area contributed by atoms with Gasteiger partial charge in [-0.1, -0.05) is 0 Å². The number of hydrogen-bond donors (Lipinski definition) is 2. The molecule has 0 bridgehead atoms. The highest BCUT2D eigenvalue weighted by molar-refractivity contribution is 7.89. The summed E-state index contributed by atoms with van der Waals surface area (Å²) in [5, 5.41) is 8.70. The topological polar surface area (TPSA) is 96.6 Å². The highest BCUT2D eigenvalue weighted by atomic mass is 32.2. The molecule has 10 heteroatoms. The second-order valence-electron chi connectivity index (χ2n) is 4.31. The molecule has 0 aliphatic heterocycles. The first kappa shape index (κ1) is 17.5. The van der Waals surface area contributed by atoms with Crippen molar-refractivity contribution in [2.24, 2.45) is 0 Å². The largest absolute Gasteiger partial charge is 0.475 e. The molecule has 120 valence electrons. The van der Waals surface area contributed by atoms with E-state index < -0.39 is 34.3 Å². The van der Waals surface area contributed by atoms with Gasteiger partial charge in [0.1, 0.15) is 10.7 Å². The van der Waals surface area contributed by atoms with Gasteiger partial charge in [0, 0.05) is 19.0 Å². The SMILES string of the molecule is Cc1oc(C(=O)O)cc1S(=O)(=O)NCCCCC(F)(F)F. The minimum absolute atomic E-state index is 0.0153. The number of sulfonamides is 1.